The molecule has 2 aromatic rings. The molecule has 0 saturated carbocycles. The highest BCUT2D eigenvalue weighted by Gasteiger charge is 2.14. The number of aryl methyl sites for hydroxylation is 2. The van der Waals surface area contributed by atoms with E-state index >= 15 is 0 Å². The number of hydrogen-bond donors (Lipinski definition) is 1. The lowest BCUT2D eigenvalue weighted by molar-refractivity contribution is 0.207. The fraction of sp³-hybridized carbons (Fsp3) is 0.455. The topological polar surface area (TPSA) is 21.3 Å². The van der Waals surface area contributed by atoms with Crippen LogP contribution in [-0.4, -0.2) is 12.6 Å². The van der Waals surface area contributed by atoms with Crippen LogP contribution in [0.5, 0.6) is 5.75 Å². The maximum Gasteiger partial charge on any atom is 0.123 e. The van der Waals surface area contributed by atoms with Crippen LogP contribution in [0.1, 0.15) is 56.2 Å². The Morgan fingerprint density at radius 1 is 1.00 bits per heavy atom. The molecule has 0 amide bonds. The van der Waals surface area contributed by atoms with Gasteiger partial charge in [0.15, 0.2) is 0 Å². The van der Waals surface area contributed by atoms with Crippen molar-refractivity contribution in [1.82, 2.24) is 0 Å². The van der Waals surface area contributed by atoms with E-state index < -0.39 is 0 Å². The second-order valence-electron chi connectivity index (χ2n) is 6.69. The fourth-order valence-electron chi connectivity index (χ4n) is 2.90. The van der Waals surface area contributed by atoms with E-state index in [-0.39, 0.29) is 6.10 Å². The molecule has 1 N–H and O–H groups in total. The summed E-state index contributed by atoms with van der Waals surface area (Å²) >= 11 is 0. The highest BCUT2D eigenvalue weighted by Crippen LogP contribution is 2.29. The molecule has 24 heavy (non-hydrogen) atoms. The number of nitrogens with one attached hydrogen (secondary N) is 1. The summed E-state index contributed by atoms with van der Waals surface area (Å²) in [7, 11) is 0. The molecule has 2 heteroatoms. The monoisotopic (exact) mass is 325 g/mol. The highest BCUT2D eigenvalue weighted by atomic mass is 16.5. The van der Waals surface area contributed by atoms with E-state index in [1.807, 2.05) is 0 Å². The van der Waals surface area contributed by atoms with Gasteiger partial charge in [0.1, 0.15) is 11.9 Å². The third-order valence-electron chi connectivity index (χ3n) is 4.71. The minimum Gasteiger partial charge on any atom is -0.488 e. The summed E-state index contributed by atoms with van der Waals surface area (Å²) in [6.07, 6.45) is 2.26. The Morgan fingerprint density at radius 3 is 2.42 bits per heavy atom. The molecule has 2 atom stereocenters. The number of hydrogen-bond acceptors (Lipinski definition) is 2. The van der Waals surface area contributed by atoms with E-state index in [4.69, 9.17) is 4.74 Å². The standard InChI is InChI=1S/C22H31NO/c1-6-17(4)20-10-8-9-11-22(20)24-19(7-2)15-23-21-13-12-16(3)14-18(21)5/h8-14,17,19,23H,6-7,15H2,1-5H3. The third kappa shape index (κ3) is 4.77. The minimum atomic E-state index is 0.163. The van der Waals surface area contributed by atoms with Gasteiger partial charge in [-0.1, -0.05) is 56.7 Å². The van der Waals surface area contributed by atoms with Crippen LogP contribution in [0.25, 0.3) is 0 Å². The molecule has 0 fully saturated rings. The van der Waals surface area contributed by atoms with E-state index in [2.05, 4.69) is 82.4 Å². The molecule has 2 rings (SSSR count). The molecule has 2 unspecified atom stereocenters. The summed E-state index contributed by atoms with van der Waals surface area (Å²) in [6.45, 7) is 11.8. The van der Waals surface area contributed by atoms with Gasteiger partial charge in [0, 0.05) is 5.69 Å². The van der Waals surface area contributed by atoms with E-state index in [0.29, 0.717) is 5.92 Å². The normalized spacial score (nSPS) is 13.4. The Kier molecular flexibility index (Phi) is 6.72. The van der Waals surface area contributed by atoms with E-state index in [1.165, 1.54) is 22.4 Å². The molecular formula is C22H31NO. The van der Waals surface area contributed by atoms with Gasteiger partial charge in [-0.05, 0) is 55.9 Å². The van der Waals surface area contributed by atoms with E-state index in [9.17, 15) is 0 Å². The number of anilines is 1. The first-order valence-electron chi connectivity index (χ1n) is 9.11. The van der Waals surface area contributed by atoms with Crippen molar-refractivity contribution in [2.75, 3.05) is 11.9 Å². The maximum atomic E-state index is 6.34. The Hall–Kier alpha value is -1.96. The molecule has 0 radical (unpaired) electrons. The lowest BCUT2D eigenvalue weighted by atomic mass is 9.98. The Bertz CT molecular complexity index is 650. The number of ether oxygens (including phenoxy) is 1. The molecule has 0 bridgehead atoms. The minimum absolute atomic E-state index is 0.163. The van der Waals surface area contributed by atoms with Crippen molar-refractivity contribution < 1.29 is 4.74 Å². The average Bonchev–Trinajstić information content (AvgIpc) is 2.59. The van der Waals surface area contributed by atoms with E-state index in [1.54, 1.807) is 0 Å². The van der Waals surface area contributed by atoms with Gasteiger partial charge in [0.2, 0.25) is 0 Å². The third-order valence-corrected chi connectivity index (χ3v) is 4.71. The highest BCUT2D eigenvalue weighted by molar-refractivity contribution is 5.52. The lowest BCUT2D eigenvalue weighted by Crippen LogP contribution is -2.26. The maximum absolute atomic E-state index is 6.34. The van der Waals surface area contributed by atoms with Gasteiger partial charge in [-0.25, -0.2) is 0 Å². The molecule has 0 heterocycles. The predicted molar refractivity (Wildman–Crippen MR) is 104 cm³/mol. The largest absolute Gasteiger partial charge is 0.488 e. The van der Waals surface area contributed by atoms with Gasteiger partial charge in [-0.15, -0.1) is 0 Å². The molecule has 0 saturated heterocycles. The van der Waals surface area contributed by atoms with Crippen LogP contribution >= 0.6 is 0 Å². The van der Waals surface area contributed by atoms with Gasteiger partial charge in [0.05, 0.1) is 6.54 Å². The summed E-state index contributed by atoms with van der Waals surface area (Å²) in [4.78, 5) is 0. The van der Waals surface area contributed by atoms with Crippen LogP contribution in [0.3, 0.4) is 0 Å². The van der Waals surface area contributed by atoms with Crippen molar-refractivity contribution >= 4 is 5.69 Å². The van der Waals surface area contributed by atoms with Crippen LogP contribution in [0.2, 0.25) is 0 Å². The van der Waals surface area contributed by atoms with Gasteiger partial charge in [0.25, 0.3) is 0 Å². The zero-order valence-electron chi connectivity index (χ0n) is 15.7. The zero-order valence-corrected chi connectivity index (χ0v) is 15.7. The second kappa shape index (κ2) is 8.77. The summed E-state index contributed by atoms with van der Waals surface area (Å²) < 4.78 is 6.34. The van der Waals surface area contributed by atoms with Crippen molar-refractivity contribution in [3.05, 3.63) is 59.2 Å². The SMILES string of the molecule is CCC(CNc1ccc(C)cc1C)Oc1ccccc1C(C)CC. The molecule has 2 aromatic carbocycles. The Labute approximate surface area is 147 Å². The molecule has 0 aliphatic rings. The number of benzene rings is 2. The average molecular weight is 325 g/mol. The van der Waals surface area contributed by atoms with Crippen LogP contribution in [0.15, 0.2) is 42.5 Å². The summed E-state index contributed by atoms with van der Waals surface area (Å²) in [5.41, 5.74) is 5.08. The van der Waals surface area contributed by atoms with Gasteiger partial charge in [-0.3, -0.25) is 0 Å². The lowest BCUT2D eigenvalue weighted by Gasteiger charge is -2.23. The first kappa shape index (κ1) is 18.4. The first-order valence-corrected chi connectivity index (χ1v) is 9.11. The number of para-hydroxylation sites is 1. The van der Waals surface area contributed by atoms with Crippen LogP contribution in [-0.2, 0) is 0 Å². The van der Waals surface area contributed by atoms with Gasteiger partial charge >= 0.3 is 0 Å². The fourth-order valence-corrected chi connectivity index (χ4v) is 2.90. The Balaban J connectivity index is 2.05. The first-order chi connectivity index (χ1) is 11.5. The van der Waals surface area contributed by atoms with Crippen LogP contribution in [0.4, 0.5) is 5.69 Å². The second-order valence-corrected chi connectivity index (χ2v) is 6.69. The molecule has 0 aliphatic heterocycles. The molecular weight excluding hydrogens is 294 g/mol. The van der Waals surface area contributed by atoms with E-state index in [0.717, 1.165) is 25.1 Å². The van der Waals surface area contributed by atoms with Crippen molar-refractivity contribution in [3.8, 4) is 5.75 Å². The molecule has 2 nitrogen and oxygen atoms in total. The predicted octanol–water partition coefficient (Wildman–Crippen LogP) is 6.09. The van der Waals surface area contributed by atoms with Crippen LogP contribution < -0.4 is 10.1 Å². The van der Waals surface area contributed by atoms with Crippen molar-refractivity contribution in [2.24, 2.45) is 0 Å². The van der Waals surface area contributed by atoms with Crippen molar-refractivity contribution in [3.63, 3.8) is 0 Å². The molecule has 0 aliphatic carbocycles. The zero-order chi connectivity index (χ0) is 17.5. The molecule has 130 valence electrons. The van der Waals surface area contributed by atoms with Crippen molar-refractivity contribution in [2.45, 2.75) is 59.5 Å². The molecule has 0 aromatic heterocycles. The quantitative estimate of drug-likeness (QED) is 0.634. The molecule has 0 spiro atoms. The summed E-state index contributed by atoms with van der Waals surface area (Å²) in [5.74, 6) is 1.55. The summed E-state index contributed by atoms with van der Waals surface area (Å²) in [5, 5.41) is 3.55. The number of rotatable bonds is 8. The Morgan fingerprint density at radius 2 is 1.75 bits per heavy atom. The smallest absolute Gasteiger partial charge is 0.123 e. The van der Waals surface area contributed by atoms with Crippen molar-refractivity contribution in [1.29, 1.82) is 0 Å². The van der Waals surface area contributed by atoms with Crippen LogP contribution in [0, 0.1) is 13.8 Å². The summed E-state index contributed by atoms with van der Waals surface area (Å²) in [6, 6.07) is 15.0. The van der Waals surface area contributed by atoms with Gasteiger partial charge in [-0.2, -0.15) is 0 Å². The van der Waals surface area contributed by atoms with Gasteiger partial charge < -0.3 is 10.1 Å².